The van der Waals surface area contributed by atoms with Gasteiger partial charge >= 0.3 is 0 Å². The smallest absolute Gasteiger partial charge is 0.0784 e. The van der Waals surface area contributed by atoms with Crippen LogP contribution in [0.25, 0.3) is 0 Å². The van der Waals surface area contributed by atoms with E-state index in [0.717, 1.165) is 25.9 Å². The lowest BCUT2D eigenvalue weighted by Crippen LogP contribution is -2.46. The molecule has 3 heteroatoms. The van der Waals surface area contributed by atoms with Gasteiger partial charge in [-0.25, -0.2) is 0 Å². The summed E-state index contributed by atoms with van der Waals surface area (Å²) in [7, 11) is 1.91. The molecule has 0 aromatic carbocycles. The van der Waals surface area contributed by atoms with E-state index in [2.05, 4.69) is 10.6 Å². The average molecular weight is 172 g/mol. The Balaban J connectivity index is 2.34. The first-order chi connectivity index (χ1) is 5.67. The third-order valence-electron chi connectivity index (χ3n) is 2.69. The van der Waals surface area contributed by atoms with Crippen molar-refractivity contribution in [3.63, 3.8) is 0 Å². The van der Waals surface area contributed by atoms with Crippen molar-refractivity contribution in [2.24, 2.45) is 0 Å². The Labute approximate surface area is 74.5 Å². The molecule has 0 bridgehead atoms. The molecule has 1 heterocycles. The lowest BCUT2D eigenvalue weighted by Gasteiger charge is -2.30. The summed E-state index contributed by atoms with van der Waals surface area (Å²) in [5.41, 5.74) is -0.542. The van der Waals surface area contributed by atoms with Crippen molar-refractivity contribution in [1.82, 2.24) is 10.6 Å². The molecule has 3 N–H and O–H groups in total. The molecule has 72 valence electrons. The molecule has 1 fully saturated rings. The van der Waals surface area contributed by atoms with Crippen LogP contribution in [0.1, 0.15) is 26.2 Å². The van der Waals surface area contributed by atoms with Crippen molar-refractivity contribution >= 4 is 0 Å². The van der Waals surface area contributed by atoms with Gasteiger partial charge in [-0.3, -0.25) is 0 Å². The van der Waals surface area contributed by atoms with Gasteiger partial charge in [0.05, 0.1) is 5.60 Å². The minimum absolute atomic E-state index is 0.297. The number of nitrogens with one attached hydrogen (secondary N) is 2. The average Bonchev–Trinajstić information content (AvgIpc) is 2.53. The van der Waals surface area contributed by atoms with Crippen molar-refractivity contribution in [3.8, 4) is 0 Å². The highest BCUT2D eigenvalue weighted by Gasteiger charge is 2.32. The quantitative estimate of drug-likeness (QED) is 0.563. The second kappa shape index (κ2) is 4.21. The van der Waals surface area contributed by atoms with Gasteiger partial charge in [-0.15, -0.1) is 0 Å². The Morgan fingerprint density at radius 3 is 2.92 bits per heavy atom. The maximum Gasteiger partial charge on any atom is 0.0784 e. The van der Waals surface area contributed by atoms with E-state index >= 15 is 0 Å². The van der Waals surface area contributed by atoms with Gasteiger partial charge in [-0.2, -0.15) is 0 Å². The summed E-state index contributed by atoms with van der Waals surface area (Å²) in [6, 6.07) is 0.297. The van der Waals surface area contributed by atoms with Gasteiger partial charge in [0.2, 0.25) is 0 Å². The molecule has 3 nitrogen and oxygen atoms in total. The maximum atomic E-state index is 10.0. The van der Waals surface area contributed by atoms with Gasteiger partial charge < -0.3 is 15.7 Å². The molecule has 1 rings (SSSR count). The molecule has 12 heavy (non-hydrogen) atoms. The highest BCUT2D eigenvalue weighted by Crippen LogP contribution is 2.21. The molecular weight excluding hydrogens is 152 g/mol. The monoisotopic (exact) mass is 172 g/mol. The summed E-state index contributed by atoms with van der Waals surface area (Å²) in [5.74, 6) is 0. The first kappa shape index (κ1) is 9.96. The minimum atomic E-state index is -0.542. The van der Waals surface area contributed by atoms with Crippen LogP contribution >= 0.6 is 0 Å². The SMILES string of the molecule is CNCCC(C)(O)C1CCCN1. The molecule has 0 spiro atoms. The summed E-state index contributed by atoms with van der Waals surface area (Å²) < 4.78 is 0. The number of rotatable bonds is 4. The molecule has 0 aromatic rings. The fraction of sp³-hybridized carbons (Fsp3) is 1.00. The van der Waals surface area contributed by atoms with E-state index in [-0.39, 0.29) is 0 Å². The zero-order valence-electron chi connectivity index (χ0n) is 8.06. The Morgan fingerprint density at radius 1 is 1.67 bits per heavy atom. The topological polar surface area (TPSA) is 44.3 Å². The van der Waals surface area contributed by atoms with Crippen LogP contribution in [0, 0.1) is 0 Å². The standard InChI is InChI=1S/C9H20N2O/c1-9(12,5-7-10-2)8-4-3-6-11-8/h8,10-12H,3-7H2,1-2H3. The Bertz CT molecular complexity index is 130. The van der Waals surface area contributed by atoms with E-state index in [9.17, 15) is 5.11 Å². The molecule has 0 saturated carbocycles. The summed E-state index contributed by atoms with van der Waals surface area (Å²) >= 11 is 0. The van der Waals surface area contributed by atoms with Gasteiger partial charge in [0.25, 0.3) is 0 Å². The van der Waals surface area contributed by atoms with E-state index in [1.165, 1.54) is 6.42 Å². The molecule has 0 radical (unpaired) electrons. The second-order valence-electron chi connectivity index (χ2n) is 3.86. The van der Waals surface area contributed by atoms with Crippen molar-refractivity contribution < 1.29 is 5.11 Å². The molecule has 0 amide bonds. The van der Waals surface area contributed by atoms with E-state index < -0.39 is 5.60 Å². The fourth-order valence-electron chi connectivity index (χ4n) is 1.77. The van der Waals surface area contributed by atoms with Gasteiger partial charge in [0.1, 0.15) is 0 Å². The summed E-state index contributed by atoms with van der Waals surface area (Å²) in [6.45, 7) is 3.86. The fourth-order valence-corrected chi connectivity index (χ4v) is 1.77. The van der Waals surface area contributed by atoms with Gasteiger partial charge in [-0.05, 0) is 46.3 Å². The van der Waals surface area contributed by atoms with E-state index in [1.807, 2.05) is 14.0 Å². The lowest BCUT2D eigenvalue weighted by molar-refractivity contribution is 0.0184. The molecule has 1 aliphatic heterocycles. The maximum absolute atomic E-state index is 10.0. The van der Waals surface area contributed by atoms with Crippen LogP contribution in [0.4, 0.5) is 0 Å². The Hall–Kier alpha value is -0.120. The number of hydrogen-bond acceptors (Lipinski definition) is 3. The van der Waals surface area contributed by atoms with Crippen LogP contribution in [0.5, 0.6) is 0 Å². The van der Waals surface area contributed by atoms with Crippen molar-refractivity contribution in [2.75, 3.05) is 20.1 Å². The Morgan fingerprint density at radius 2 is 2.42 bits per heavy atom. The van der Waals surface area contributed by atoms with Crippen LogP contribution in [0.15, 0.2) is 0 Å². The lowest BCUT2D eigenvalue weighted by atomic mass is 9.91. The first-order valence-electron chi connectivity index (χ1n) is 4.77. The van der Waals surface area contributed by atoms with Gasteiger partial charge in [-0.1, -0.05) is 0 Å². The third-order valence-corrected chi connectivity index (χ3v) is 2.69. The van der Waals surface area contributed by atoms with Crippen LogP contribution in [0.3, 0.4) is 0 Å². The van der Waals surface area contributed by atoms with Crippen molar-refractivity contribution in [2.45, 2.75) is 37.8 Å². The molecule has 1 saturated heterocycles. The predicted molar refractivity (Wildman–Crippen MR) is 50.2 cm³/mol. The predicted octanol–water partition coefficient (Wildman–Crippen LogP) is 0.0989. The zero-order chi connectivity index (χ0) is 9.03. The summed E-state index contributed by atoms with van der Waals surface area (Å²) in [5, 5.41) is 16.4. The number of aliphatic hydroxyl groups is 1. The number of hydrogen-bond donors (Lipinski definition) is 3. The summed E-state index contributed by atoms with van der Waals surface area (Å²) in [4.78, 5) is 0. The van der Waals surface area contributed by atoms with E-state index in [0.29, 0.717) is 6.04 Å². The highest BCUT2D eigenvalue weighted by molar-refractivity contribution is 4.91. The van der Waals surface area contributed by atoms with Crippen molar-refractivity contribution in [1.29, 1.82) is 0 Å². The van der Waals surface area contributed by atoms with Crippen LogP contribution < -0.4 is 10.6 Å². The van der Waals surface area contributed by atoms with Crippen LogP contribution in [-0.2, 0) is 0 Å². The highest BCUT2D eigenvalue weighted by atomic mass is 16.3. The molecule has 0 aliphatic carbocycles. The second-order valence-corrected chi connectivity index (χ2v) is 3.86. The van der Waals surface area contributed by atoms with Crippen LogP contribution in [-0.4, -0.2) is 36.9 Å². The van der Waals surface area contributed by atoms with Gasteiger partial charge in [0, 0.05) is 6.04 Å². The Kier molecular flexibility index (Phi) is 3.50. The first-order valence-corrected chi connectivity index (χ1v) is 4.77. The minimum Gasteiger partial charge on any atom is -0.389 e. The molecule has 0 aromatic heterocycles. The van der Waals surface area contributed by atoms with Crippen LogP contribution in [0.2, 0.25) is 0 Å². The molecule has 2 atom stereocenters. The van der Waals surface area contributed by atoms with Crippen molar-refractivity contribution in [3.05, 3.63) is 0 Å². The zero-order valence-corrected chi connectivity index (χ0v) is 8.06. The van der Waals surface area contributed by atoms with E-state index in [1.54, 1.807) is 0 Å². The van der Waals surface area contributed by atoms with Gasteiger partial charge in [0.15, 0.2) is 0 Å². The third kappa shape index (κ3) is 2.44. The van der Waals surface area contributed by atoms with E-state index in [4.69, 9.17) is 0 Å². The summed E-state index contributed by atoms with van der Waals surface area (Å²) in [6.07, 6.45) is 3.12. The molecule has 2 unspecified atom stereocenters. The molecular formula is C9H20N2O. The normalized spacial score (nSPS) is 28.8. The largest absolute Gasteiger partial charge is 0.389 e. The molecule has 1 aliphatic rings.